The van der Waals surface area contributed by atoms with E-state index in [1.54, 1.807) is 13.8 Å². The predicted octanol–water partition coefficient (Wildman–Crippen LogP) is 3.16. The van der Waals surface area contributed by atoms with Crippen molar-refractivity contribution in [3.63, 3.8) is 0 Å². The molecule has 0 aliphatic carbocycles. The molecule has 0 bridgehead atoms. The molecule has 0 atom stereocenters. The van der Waals surface area contributed by atoms with E-state index in [4.69, 9.17) is 4.42 Å². The van der Waals surface area contributed by atoms with E-state index in [1.165, 1.54) is 7.05 Å². The van der Waals surface area contributed by atoms with Crippen LogP contribution in [0.3, 0.4) is 0 Å². The zero-order chi connectivity index (χ0) is 13.3. The second-order valence-electron chi connectivity index (χ2n) is 3.58. The van der Waals surface area contributed by atoms with Crippen molar-refractivity contribution >= 4 is 17.6 Å². The van der Waals surface area contributed by atoms with Crippen molar-refractivity contribution in [3.8, 4) is 0 Å². The van der Waals surface area contributed by atoms with Gasteiger partial charge in [-0.2, -0.15) is 0 Å². The summed E-state index contributed by atoms with van der Waals surface area (Å²) in [6, 6.07) is 0.782. The van der Waals surface area contributed by atoms with Crippen LogP contribution in [0.1, 0.15) is 11.5 Å². The van der Waals surface area contributed by atoms with Gasteiger partial charge in [0.1, 0.15) is 10.8 Å². The molecule has 0 radical (unpaired) electrons. The summed E-state index contributed by atoms with van der Waals surface area (Å²) in [5.41, 5.74) is 0.730. The fourth-order valence-electron chi connectivity index (χ4n) is 1.27. The van der Waals surface area contributed by atoms with Crippen LogP contribution in [0, 0.1) is 25.5 Å². The van der Waals surface area contributed by atoms with Gasteiger partial charge in [0.05, 0.1) is 5.69 Å². The van der Waals surface area contributed by atoms with E-state index in [9.17, 15) is 8.78 Å². The number of aryl methyl sites for hydroxylation is 2. The number of halogens is 2. The lowest BCUT2D eigenvalue weighted by molar-refractivity contribution is 0.430. The molecule has 0 aliphatic rings. The van der Waals surface area contributed by atoms with Crippen LogP contribution in [-0.4, -0.2) is 17.0 Å². The van der Waals surface area contributed by atoms with Crippen LogP contribution in [-0.2, 0) is 0 Å². The molecule has 18 heavy (non-hydrogen) atoms. The highest BCUT2D eigenvalue weighted by Crippen LogP contribution is 2.30. The molecule has 96 valence electrons. The number of hydrogen-bond donors (Lipinski definition) is 1. The SMILES string of the molecule is CNc1nc(Sc2nc(C)c(C)o2)c(F)cc1F. The van der Waals surface area contributed by atoms with Gasteiger partial charge in [0, 0.05) is 13.1 Å². The first kappa shape index (κ1) is 12.8. The van der Waals surface area contributed by atoms with Crippen LogP contribution in [0.5, 0.6) is 0 Å². The van der Waals surface area contributed by atoms with Crippen molar-refractivity contribution in [1.29, 1.82) is 0 Å². The number of oxazole rings is 1. The summed E-state index contributed by atoms with van der Waals surface area (Å²) in [5.74, 6) is -0.836. The molecule has 4 nitrogen and oxygen atoms in total. The van der Waals surface area contributed by atoms with E-state index >= 15 is 0 Å². The number of pyridine rings is 1. The summed E-state index contributed by atoms with van der Waals surface area (Å²) in [6.07, 6.45) is 0. The first-order valence-corrected chi connectivity index (χ1v) is 5.98. The minimum absolute atomic E-state index is 0.0149. The third-order valence-corrected chi connectivity index (χ3v) is 3.16. The van der Waals surface area contributed by atoms with Gasteiger partial charge in [-0.05, 0) is 25.6 Å². The number of nitrogens with one attached hydrogen (secondary N) is 1. The fraction of sp³-hybridized carbons (Fsp3) is 0.273. The Kier molecular flexibility index (Phi) is 3.51. The predicted molar refractivity (Wildman–Crippen MR) is 63.8 cm³/mol. The summed E-state index contributed by atoms with van der Waals surface area (Å²) in [6.45, 7) is 3.55. The van der Waals surface area contributed by atoms with Crippen molar-refractivity contribution in [2.24, 2.45) is 0 Å². The average Bonchev–Trinajstić information content (AvgIpc) is 2.62. The highest BCUT2D eigenvalue weighted by molar-refractivity contribution is 7.99. The quantitative estimate of drug-likeness (QED) is 0.929. The molecule has 0 aromatic carbocycles. The van der Waals surface area contributed by atoms with E-state index in [0.29, 0.717) is 5.76 Å². The Morgan fingerprint density at radius 1 is 1.22 bits per heavy atom. The molecule has 1 N–H and O–H groups in total. The van der Waals surface area contributed by atoms with E-state index in [-0.39, 0.29) is 16.1 Å². The number of nitrogens with zero attached hydrogens (tertiary/aromatic N) is 2. The van der Waals surface area contributed by atoms with Crippen molar-refractivity contribution in [1.82, 2.24) is 9.97 Å². The molecular weight excluding hydrogens is 260 g/mol. The van der Waals surface area contributed by atoms with Crippen molar-refractivity contribution < 1.29 is 13.2 Å². The second kappa shape index (κ2) is 4.93. The van der Waals surface area contributed by atoms with Gasteiger partial charge >= 0.3 is 0 Å². The molecule has 0 unspecified atom stereocenters. The Labute approximate surface area is 107 Å². The maximum atomic E-state index is 13.5. The first-order chi connectivity index (χ1) is 8.51. The second-order valence-corrected chi connectivity index (χ2v) is 4.52. The summed E-state index contributed by atoms with van der Waals surface area (Å²) in [5, 5.41) is 2.85. The molecule has 0 saturated carbocycles. The first-order valence-electron chi connectivity index (χ1n) is 5.17. The smallest absolute Gasteiger partial charge is 0.262 e. The lowest BCUT2D eigenvalue weighted by Gasteiger charge is -2.04. The van der Waals surface area contributed by atoms with Gasteiger partial charge in [0.25, 0.3) is 5.22 Å². The molecule has 0 aliphatic heterocycles. The molecule has 0 fully saturated rings. The zero-order valence-electron chi connectivity index (χ0n) is 10.0. The normalized spacial score (nSPS) is 10.7. The third-order valence-electron chi connectivity index (χ3n) is 2.33. The highest BCUT2D eigenvalue weighted by Gasteiger charge is 2.15. The Morgan fingerprint density at radius 3 is 2.50 bits per heavy atom. The maximum absolute atomic E-state index is 13.5. The average molecular weight is 271 g/mol. The van der Waals surface area contributed by atoms with E-state index in [2.05, 4.69) is 15.3 Å². The molecule has 0 saturated heterocycles. The minimum Gasteiger partial charge on any atom is -0.436 e. The Hall–Kier alpha value is -1.63. The Bertz CT molecular complexity index is 566. The van der Waals surface area contributed by atoms with E-state index < -0.39 is 11.6 Å². The van der Waals surface area contributed by atoms with Crippen LogP contribution in [0.2, 0.25) is 0 Å². The topological polar surface area (TPSA) is 51.0 Å². The summed E-state index contributed by atoms with van der Waals surface area (Å²) in [4.78, 5) is 7.93. The zero-order valence-corrected chi connectivity index (χ0v) is 10.9. The molecule has 2 aromatic heterocycles. The number of aromatic nitrogens is 2. The monoisotopic (exact) mass is 271 g/mol. The minimum atomic E-state index is -0.745. The van der Waals surface area contributed by atoms with Crippen molar-refractivity contribution in [2.45, 2.75) is 24.1 Å². The van der Waals surface area contributed by atoms with Gasteiger partial charge in [-0.3, -0.25) is 0 Å². The van der Waals surface area contributed by atoms with Crippen LogP contribution >= 0.6 is 11.8 Å². The largest absolute Gasteiger partial charge is 0.436 e. The molecule has 7 heteroatoms. The molecule has 2 aromatic rings. The Morgan fingerprint density at radius 2 is 1.94 bits per heavy atom. The summed E-state index contributed by atoms with van der Waals surface area (Å²) in [7, 11) is 1.51. The third kappa shape index (κ3) is 2.45. The number of anilines is 1. The maximum Gasteiger partial charge on any atom is 0.262 e. The number of hydrogen-bond acceptors (Lipinski definition) is 5. The van der Waals surface area contributed by atoms with Crippen molar-refractivity contribution in [2.75, 3.05) is 12.4 Å². The van der Waals surface area contributed by atoms with Crippen LogP contribution in [0.25, 0.3) is 0 Å². The highest BCUT2D eigenvalue weighted by atomic mass is 32.2. The lowest BCUT2D eigenvalue weighted by Crippen LogP contribution is -1.99. The molecule has 0 amide bonds. The fourth-order valence-corrected chi connectivity index (χ4v) is 2.07. The van der Waals surface area contributed by atoms with Gasteiger partial charge in [-0.1, -0.05) is 0 Å². The standard InChI is InChI=1S/C11H11F2N3OS/c1-5-6(2)17-11(15-5)18-10-8(13)4-7(12)9(14-3)16-10/h4H,1-3H3,(H,14,16). The number of rotatable bonds is 3. The van der Waals surface area contributed by atoms with Gasteiger partial charge < -0.3 is 9.73 Å². The van der Waals surface area contributed by atoms with E-state index in [0.717, 1.165) is 23.5 Å². The van der Waals surface area contributed by atoms with Gasteiger partial charge in [0.2, 0.25) is 0 Å². The molecule has 2 heterocycles. The molecule has 2 rings (SSSR count). The van der Waals surface area contributed by atoms with Gasteiger partial charge in [-0.25, -0.2) is 18.7 Å². The van der Waals surface area contributed by atoms with Gasteiger partial charge in [-0.15, -0.1) is 0 Å². The summed E-state index contributed by atoms with van der Waals surface area (Å²) >= 11 is 0.917. The van der Waals surface area contributed by atoms with Crippen molar-refractivity contribution in [3.05, 3.63) is 29.2 Å². The lowest BCUT2D eigenvalue weighted by atomic mass is 10.4. The van der Waals surface area contributed by atoms with Crippen LogP contribution in [0.4, 0.5) is 14.6 Å². The molecule has 0 spiro atoms. The van der Waals surface area contributed by atoms with Crippen LogP contribution in [0.15, 0.2) is 20.7 Å². The van der Waals surface area contributed by atoms with Gasteiger partial charge in [0.15, 0.2) is 17.5 Å². The Balaban J connectivity index is 2.33. The molecular formula is C11H11F2N3OS. The van der Waals surface area contributed by atoms with E-state index in [1.807, 2.05) is 0 Å². The van der Waals surface area contributed by atoms with Crippen LogP contribution < -0.4 is 5.32 Å². The summed E-state index contributed by atoms with van der Waals surface area (Å²) < 4.78 is 32.1.